The molecule has 1 saturated carbocycles. The molecule has 1 aliphatic carbocycles. The Morgan fingerprint density at radius 3 is 2.24 bits per heavy atom. The van der Waals surface area contributed by atoms with Crippen molar-refractivity contribution in [2.45, 2.75) is 68.5 Å². The fourth-order valence-corrected chi connectivity index (χ4v) is 5.69. The third-order valence-electron chi connectivity index (χ3n) is 6.85. The molecule has 1 N–H and O–H groups in total. The number of rotatable bonds is 11. The van der Waals surface area contributed by atoms with E-state index in [1.54, 1.807) is 34.9 Å². The zero-order chi connectivity index (χ0) is 25.9. The highest BCUT2D eigenvalue weighted by atomic mass is 32.2. The van der Waals surface area contributed by atoms with E-state index in [-0.39, 0.29) is 36.6 Å². The van der Waals surface area contributed by atoms with E-state index in [1.807, 2.05) is 60.7 Å². The topological polar surface area (TPSA) is 49.4 Å². The average Bonchev–Trinajstić information content (AvgIpc) is 2.93. The molecular formula is C31H35FN2O2S. The molecule has 0 spiro atoms. The number of hydrogen-bond acceptors (Lipinski definition) is 3. The van der Waals surface area contributed by atoms with Crippen LogP contribution in [0.2, 0.25) is 0 Å². The quantitative estimate of drug-likeness (QED) is 0.299. The Morgan fingerprint density at radius 1 is 0.892 bits per heavy atom. The summed E-state index contributed by atoms with van der Waals surface area (Å²) in [7, 11) is 0. The van der Waals surface area contributed by atoms with Crippen LogP contribution in [0.3, 0.4) is 0 Å². The molecule has 3 aromatic carbocycles. The lowest BCUT2D eigenvalue weighted by Gasteiger charge is -2.33. The molecule has 0 radical (unpaired) electrons. The van der Waals surface area contributed by atoms with Crippen LogP contribution in [0.4, 0.5) is 4.39 Å². The Kier molecular flexibility index (Phi) is 10.2. The summed E-state index contributed by atoms with van der Waals surface area (Å²) in [5, 5.41) is 3.23. The highest BCUT2D eigenvalue weighted by Gasteiger charge is 2.32. The number of nitrogens with zero attached hydrogens (tertiary/aromatic N) is 1. The van der Waals surface area contributed by atoms with E-state index < -0.39 is 6.04 Å². The van der Waals surface area contributed by atoms with Gasteiger partial charge in [-0.15, -0.1) is 11.8 Å². The Morgan fingerprint density at radius 2 is 1.54 bits per heavy atom. The molecule has 0 bridgehead atoms. The number of thioether (sulfide) groups is 1. The molecule has 1 unspecified atom stereocenters. The first-order chi connectivity index (χ1) is 18.1. The molecule has 0 saturated heterocycles. The first-order valence-electron chi connectivity index (χ1n) is 13.1. The highest BCUT2D eigenvalue weighted by Crippen LogP contribution is 2.23. The van der Waals surface area contributed by atoms with Crippen LogP contribution in [0.15, 0.2) is 89.8 Å². The van der Waals surface area contributed by atoms with E-state index in [4.69, 9.17) is 0 Å². The summed E-state index contributed by atoms with van der Waals surface area (Å²) in [5.74, 6) is -0.0912. The second-order valence-corrected chi connectivity index (χ2v) is 10.7. The molecule has 194 valence electrons. The Labute approximate surface area is 223 Å². The molecule has 37 heavy (non-hydrogen) atoms. The van der Waals surface area contributed by atoms with Gasteiger partial charge in [-0.1, -0.05) is 86.0 Å². The van der Waals surface area contributed by atoms with E-state index >= 15 is 0 Å². The predicted molar refractivity (Wildman–Crippen MR) is 148 cm³/mol. The van der Waals surface area contributed by atoms with Gasteiger partial charge in [-0.25, -0.2) is 4.39 Å². The van der Waals surface area contributed by atoms with Gasteiger partial charge < -0.3 is 10.2 Å². The number of carbonyl (C=O) groups is 2. The van der Waals surface area contributed by atoms with Gasteiger partial charge in [0, 0.05) is 41.6 Å². The maximum absolute atomic E-state index is 14.7. The van der Waals surface area contributed by atoms with Gasteiger partial charge in [-0.2, -0.15) is 0 Å². The van der Waals surface area contributed by atoms with Crippen molar-refractivity contribution < 1.29 is 14.0 Å². The van der Waals surface area contributed by atoms with Crippen molar-refractivity contribution in [3.05, 3.63) is 102 Å². The van der Waals surface area contributed by atoms with E-state index in [1.165, 1.54) is 12.5 Å². The molecule has 0 aromatic heterocycles. The smallest absolute Gasteiger partial charge is 0.243 e. The SMILES string of the molecule is O=C(NC1CCCCC1)C(Cc1ccccc1)N(Cc1ccccc1F)C(=O)CCSc1ccccc1. The summed E-state index contributed by atoms with van der Waals surface area (Å²) in [6.07, 6.45) is 5.95. The van der Waals surface area contributed by atoms with Crippen molar-refractivity contribution in [2.24, 2.45) is 0 Å². The lowest BCUT2D eigenvalue weighted by molar-refractivity contribution is -0.141. The molecule has 4 rings (SSSR count). The molecule has 1 aliphatic rings. The van der Waals surface area contributed by atoms with Crippen molar-refractivity contribution in [2.75, 3.05) is 5.75 Å². The minimum absolute atomic E-state index is 0.0527. The second-order valence-electron chi connectivity index (χ2n) is 9.57. The van der Waals surface area contributed by atoms with Crippen LogP contribution in [0, 0.1) is 5.82 Å². The van der Waals surface area contributed by atoms with Gasteiger partial charge in [0.05, 0.1) is 0 Å². The van der Waals surface area contributed by atoms with Crippen LogP contribution in [0.1, 0.15) is 49.7 Å². The van der Waals surface area contributed by atoms with Crippen LogP contribution in [0.25, 0.3) is 0 Å². The minimum atomic E-state index is -0.724. The van der Waals surface area contributed by atoms with Crippen molar-refractivity contribution >= 4 is 23.6 Å². The molecular weight excluding hydrogens is 483 g/mol. The standard InChI is InChI=1S/C31H35FN2O2S/c32-28-19-11-10-14-25(28)23-34(30(35)20-21-37-27-17-8-3-9-18-27)29(22-24-12-4-1-5-13-24)31(36)33-26-15-6-2-7-16-26/h1,3-5,8-14,17-19,26,29H,2,6-7,15-16,20-23H2,(H,33,36). The molecule has 6 heteroatoms. The minimum Gasteiger partial charge on any atom is -0.352 e. The summed E-state index contributed by atoms with van der Waals surface area (Å²) in [5.41, 5.74) is 1.38. The fourth-order valence-electron chi connectivity index (χ4n) is 4.82. The molecule has 1 fully saturated rings. The largest absolute Gasteiger partial charge is 0.352 e. The van der Waals surface area contributed by atoms with Crippen molar-refractivity contribution in [1.29, 1.82) is 0 Å². The summed E-state index contributed by atoms with van der Waals surface area (Å²) in [4.78, 5) is 30.1. The van der Waals surface area contributed by atoms with Gasteiger partial charge in [0.2, 0.25) is 11.8 Å². The second kappa shape index (κ2) is 14.0. The van der Waals surface area contributed by atoms with Gasteiger partial charge >= 0.3 is 0 Å². The number of halogens is 1. The van der Waals surface area contributed by atoms with Crippen LogP contribution < -0.4 is 5.32 Å². The average molecular weight is 519 g/mol. The Bertz CT molecular complexity index is 1140. The lowest BCUT2D eigenvalue weighted by atomic mass is 9.94. The summed E-state index contributed by atoms with van der Waals surface area (Å²) < 4.78 is 14.7. The van der Waals surface area contributed by atoms with E-state index in [0.29, 0.717) is 17.7 Å². The number of carbonyl (C=O) groups excluding carboxylic acids is 2. The molecule has 0 heterocycles. The van der Waals surface area contributed by atoms with Crippen LogP contribution in [-0.4, -0.2) is 34.6 Å². The zero-order valence-electron chi connectivity index (χ0n) is 21.2. The third kappa shape index (κ3) is 8.19. The van der Waals surface area contributed by atoms with Gasteiger partial charge in [0.25, 0.3) is 0 Å². The summed E-state index contributed by atoms with van der Waals surface area (Å²) in [6.45, 7) is 0.0527. The van der Waals surface area contributed by atoms with Gasteiger partial charge in [0.1, 0.15) is 11.9 Å². The zero-order valence-corrected chi connectivity index (χ0v) is 22.0. The van der Waals surface area contributed by atoms with E-state index in [0.717, 1.165) is 36.1 Å². The van der Waals surface area contributed by atoms with E-state index in [9.17, 15) is 14.0 Å². The van der Waals surface area contributed by atoms with Crippen LogP contribution >= 0.6 is 11.8 Å². The molecule has 1 atom stereocenters. The van der Waals surface area contributed by atoms with Crippen LogP contribution in [0.5, 0.6) is 0 Å². The van der Waals surface area contributed by atoms with Gasteiger partial charge in [-0.3, -0.25) is 9.59 Å². The molecule has 3 aromatic rings. The van der Waals surface area contributed by atoms with Crippen molar-refractivity contribution in [3.63, 3.8) is 0 Å². The number of nitrogens with one attached hydrogen (secondary N) is 1. The highest BCUT2D eigenvalue weighted by molar-refractivity contribution is 7.99. The normalized spacial score (nSPS) is 14.6. The number of benzene rings is 3. The van der Waals surface area contributed by atoms with Gasteiger partial charge in [0.15, 0.2) is 0 Å². The fraction of sp³-hybridized carbons (Fsp3) is 0.355. The maximum Gasteiger partial charge on any atom is 0.243 e. The Balaban J connectivity index is 1.57. The van der Waals surface area contributed by atoms with E-state index in [2.05, 4.69) is 5.32 Å². The first kappa shape index (κ1) is 26.9. The lowest BCUT2D eigenvalue weighted by Crippen LogP contribution is -2.53. The summed E-state index contributed by atoms with van der Waals surface area (Å²) in [6, 6.07) is 25.6. The molecule has 2 amide bonds. The third-order valence-corrected chi connectivity index (χ3v) is 7.86. The van der Waals surface area contributed by atoms with Crippen molar-refractivity contribution in [3.8, 4) is 0 Å². The predicted octanol–water partition coefficient (Wildman–Crippen LogP) is 6.40. The van der Waals surface area contributed by atoms with Crippen molar-refractivity contribution in [1.82, 2.24) is 10.2 Å². The van der Waals surface area contributed by atoms with Gasteiger partial charge in [-0.05, 0) is 36.6 Å². The summed E-state index contributed by atoms with van der Waals surface area (Å²) >= 11 is 1.61. The molecule has 0 aliphatic heterocycles. The monoisotopic (exact) mass is 518 g/mol. The Hall–Kier alpha value is -3.12. The first-order valence-corrected chi connectivity index (χ1v) is 14.1. The maximum atomic E-state index is 14.7. The number of amides is 2. The number of hydrogen-bond donors (Lipinski definition) is 1. The molecule has 4 nitrogen and oxygen atoms in total. The van der Waals surface area contributed by atoms with Crippen LogP contribution in [-0.2, 0) is 22.6 Å².